The predicted molar refractivity (Wildman–Crippen MR) is 38.6 cm³/mol. The molecule has 0 radical (unpaired) electrons. The van der Waals surface area contributed by atoms with E-state index in [0.717, 1.165) is 6.42 Å². The largest absolute Gasteiger partial charge is 0.480 e. The van der Waals surface area contributed by atoms with Crippen LogP contribution in [0, 0.1) is 0 Å². The van der Waals surface area contributed by atoms with Crippen molar-refractivity contribution in [3.8, 4) is 0 Å². The van der Waals surface area contributed by atoms with Gasteiger partial charge in [0.1, 0.15) is 5.16 Å². The summed E-state index contributed by atoms with van der Waals surface area (Å²) in [6.45, 7) is 3.35. The molecule has 1 atom stereocenters. The summed E-state index contributed by atoms with van der Waals surface area (Å²) in [7, 11) is -0.303. The van der Waals surface area contributed by atoms with Crippen molar-refractivity contribution in [2.45, 2.75) is 31.8 Å². The summed E-state index contributed by atoms with van der Waals surface area (Å²) >= 11 is 0. The van der Waals surface area contributed by atoms with E-state index in [1.807, 2.05) is 6.92 Å². The van der Waals surface area contributed by atoms with Crippen molar-refractivity contribution in [1.29, 1.82) is 0 Å². The van der Waals surface area contributed by atoms with Crippen molar-refractivity contribution >= 4 is 14.4 Å². The maximum atomic E-state index is 10.4. The maximum Gasteiger partial charge on any atom is 0.321 e. The van der Waals surface area contributed by atoms with Crippen LogP contribution in [0.3, 0.4) is 0 Å². The van der Waals surface area contributed by atoms with Crippen LogP contribution < -0.4 is 0 Å². The second-order valence-electron chi connectivity index (χ2n) is 2.42. The minimum Gasteiger partial charge on any atom is -0.480 e. The summed E-state index contributed by atoms with van der Waals surface area (Å²) in [5, 5.41) is 7.48. The summed E-state index contributed by atoms with van der Waals surface area (Å²) in [5.74, 6) is -0.994. The van der Waals surface area contributed by atoms with Crippen LogP contribution in [0.15, 0.2) is 0 Å². The average Bonchev–Trinajstić information content (AvgIpc) is 1.88. The van der Waals surface area contributed by atoms with Gasteiger partial charge in [0.25, 0.3) is 0 Å². The molecule has 0 amide bonds. The van der Waals surface area contributed by atoms with E-state index in [0.29, 0.717) is 6.42 Å². The predicted octanol–water partition coefficient (Wildman–Crippen LogP) is 1.92. The van der Waals surface area contributed by atoms with E-state index in [4.69, 9.17) is 5.11 Å². The van der Waals surface area contributed by atoms with E-state index >= 15 is 0 Å². The maximum absolute atomic E-state index is 10.4. The third-order valence-corrected chi connectivity index (χ3v) is 2.22. The molecule has 0 aromatic carbocycles. The van der Waals surface area contributed by atoms with Gasteiger partial charge < -0.3 is 5.11 Å². The number of aliphatic carboxylic acids is 1. The molecule has 0 bridgehead atoms. The molecule has 1 N–H and O–H groups in total. The lowest BCUT2D eigenvalue weighted by Crippen LogP contribution is -2.28. The van der Waals surface area contributed by atoms with Gasteiger partial charge in [-0.25, -0.2) is 0 Å². The van der Waals surface area contributed by atoms with Crippen LogP contribution in [-0.4, -0.2) is 16.2 Å². The Labute approximate surface area is 61.6 Å². The van der Waals surface area contributed by atoms with Crippen LogP contribution in [0.25, 0.3) is 0 Å². The fourth-order valence-corrected chi connectivity index (χ4v) is 1.07. The zero-order chi connectivity index (χ0) is 8.20. The Morgan fingerprint density at radius 1 is 1.70 bits per heavy atom. The molecule has 0 aromatic heterocycles. The van der Waals surface area contributed by atoms with Crippen LogP contribution in [0.4, 0.5) is 0 Å². The lowest BCUT2D eigenvalue weighted by Gasteiger charge is -2.13. The molecule has 10 heavy (non-hydrogen) atoms. The molecule has 0 spiro atoms. The molecule has 3 nitrogen and oxygen atoms in total. The first kappa shape index (κ1) is 9.57. The molecule has 0 heterocycles. The Bertz CT molecular complexity index is 146. The molecule has 0 aliphatic heterocycles. The van der Waals surface area contributed by atoms with Gasteiger partial charge in [-0.1, -0.05) is 13.3 Å². The zero-order valence-corrected chi connectivity index (χ0v) is 7.02. The molecule has 0 rings (SSSR count). The second-order valence-corrected chi connectivity index (χ2v) is 3.59. The molecule has 1 unspecified atom stereocenters. The molecule has 58 valence electrons. The lowest BCUT2D eigenvalue weighted by atomic mass is 10.1. The summed E-state index contributed by atoms with van der Waals surface area (Å²) in [5.41, 5.74) is 0. The van der Waals surface area contributed by atoms with Gasteiger partial charge in [-0.05, 0) is 13.3 Å². The first-order chi connectivity index (χ1) is 4.56. The van der Waals surface area contributed by atoms with Gasteiger partial charge in [0, 0.05) is 0 Å². The fourth-order valence-electron chi connectivity index (χ4n) is 0.678. The SMILES string of the molecule is CCCC(C)(P=O)C(=O)O. The van der Waals surface area contributed by atoms with Crippen molar-refractivity contribution in [2.24, 2.45) is 0 Å². The van der Waals surface area contributed by atoms with Crippen LogP contribution in [0.2, 0.25) is 0 Å². The van der Waals surface area contributed by atoms with Crippen LogP contribution in [-0.2, 0) is 9.36 Å². The Hall–Kier alpha value is -0.430. The number of hydrogen-bond acceptors (Lipinski definition) is 2. The van der Waals surface area contributed by atoms with E-state index in [1.165, 1.54) is 6.92 Å². The van der Waals surface area contributed by atoms with Crippen molar-refractivity contribution in [2.75, 3.05) is 0 Å². The van der Waals surface area contributed by atoms with Crippen LogP contribution >= 0.6 is 8.46 Å². The van der Waals surface area contributed by atoms with E-state index in [-0.39, 0.29) is 8.46 Å². The van der Waals surface area contributed by atoms with Crippen molar-refractivity contribution in [1.82, 2.24) is 0 Å². The minimum atomic E-state index is -1.07. The summed E-state index contributed by atoms with van der Waals surface area (Å²) in [4.78, 5) is 10.4. The highest BCUT2D eigenvalue weighted by atomic mass is 31.1. The number of hydrogen-bond donors (Lipinski definition) is 1. The normalized spacial score (nSPS) is 16.6. The molecular formula is C6H11O3P. The molecule has 0 aliphatic rings. The van der Waals surface area contributed by atoms with Gasteiger partial charge in [-0.3, -0.25) is 9.36 Å². The molecule has 0 saturated heterocycles. The van der Waals surface area contributed by atoms with Gasteiger partial charge in [-0.15, -0.1) is 0 Å². The summed E-state index contributed by atoms with van der Waals surface area (Å²) in [6, 6.07) is 0. The fraction of sp³-hybridized carbons (Fsp3) is 0.833. The highest BCUT2D eigenvalue weighted by Gasteiger charge is 2.32. The van der Waals surface area contributed by atoms with Crippen LogP contribution in [0.5, 0.6) is 0 Å². The van der Waals surface area contributed by atoms with E-state index in [9.17, 15) is 9.36 Å². The van der Waals surface area contributed by atoms with E-state index in [1.54, 1.807) is 0 Å². The Kier molecular flexibility index (Phi) is 3.51. The summed E-state index contributed by atoms with van der Waals surface area (Å²) < 4.78 is 10.4. The Morgan fingerprint density at radius 3 is 2.30 bits per heavy atom. The smallest absolute Gasteiger partial charge is 0.321 e. The van der Waals surface area contributed by atoms with Crippen LogP contribution in [0.1, 0.15) is 26.7 Å². The molecule has 0 saturated carbocycles. The number of carboxylic acid groups (broad SMARTS) is 1. The lowest BCUT2D eigenvalue weighted by molar-refractivity contribution is -0.139. The third-order valence-electron chi connectivity index (χ3n) is 1.40. The van der Waals surface area contributed by atoms with Crippen molar-refractivity contribution in [3.63, 3.8) is 0 Å². The minimum absolute atomic E-state index is 0.303. The summed E-state index contributed by atoms with van der Waals surface area (Å²) in [6.07, 6.45) is 1.19. The standard InChI is InChI=1S/C6H11O3P/c1-3-4-6(2,10-9)5(7)8/h3-4H2,1-2H3,(H,7,8). The van der Waals surface area contributed by atoms with Gasteiger partial charge in [0.05, 0.1) is 0 Å². The van der Waals surface area contributed by atoms with Crippen molar-refractivity contribution < 1.29 is 14.5 Å². The Morgan fingerprint density at radius 2 is 2.20 bits per heavy atom. The van der Waals surface area contributed by atoms with E-state index in [2.05, 4.69) is 0 Å². The van der Waals surface area contributed by atoms with Gasteiger partial charge in [-0.2, -0.15) is 0 Å². The number of rotatable bonds is 4. The highest BCUT2D eigenvalue weighted by molar-refractivity contribution is 7.27. The van der Waals surface area contributed by atoms with E-state index < -0.39 is 11.1 Å². The van der Waals surface area contributed by atoms with Crippen molar-refractivity contribution in [3.05, 3.63) is 0 Å². The Balaban J connectivity index is 4.22. The first-order valence-corrected chi connectivity index (χ1v) is 3.96. The first-order valence-electron chi connectivity index (χ1n) is 3.14. The monoisotopic (exact) mass is 162 g/mol. The van der Waals surface area contributed by atoms with Gasteiger partial charge >= 0.3 is 5.97 Å². The average molecular weight is 162 g/mol. The zero-order valence-electron chi connectivity index (χ0n) is 6.13. The second kappa shape index (κ2) is 3.67. The topological polar surface area (TPSA) is 54.4 Å². The quantitative estimate of drug-likeness (QED) is 0.642. The molecule has 4 heteroatoms. The number of carbonyl (C=O) groups is 1. The molecule has 0 aromatic rings. The molecule has 0 aliphatic carbocycles. The van der Waals surface area contributed by atoms with Gasteiger partial charge in [0.15, 0.2) is 8.46 Å². The molecular weight excluding hydrogens is 151 g/mol. The third kappa shape index (κ3) is 2.07. The molecule has 0 fully saturated rings. The van der Waals surface area contributed by atoms with Gasteiger partial charge in [0.2, 0.25) is 0 Å². The highest BCUT2D eigenvalue weighted by Crippen LogP contribution is 2.27. The number of carboxylic acids is 1.